The lowest BCUT2D eigenvalue weighted by molar-refractivity contribution is 1.46. The van der Waals surface area contributed by atoms with E-state index in [1.54, 1.807) is 6.07 Å². The van der Waals surface area contributed by atoms with Crippen LogP contribution in [0.5, 0.6) is 0 Å². The van der Waals surface area contributed by atoms with Gasteiger partial charge >= 0.3 is 0 Å². The maximum Gasteiger partial charge on any atom is 0.0426 e. The van der Waals surface area contributed by atoms with Gasteiger partial charge in [-0.05, 0) is 53.9 Å². The maximum atomic E-state index is 5.98. The second-order valence-electron chi connectivity index (χ2n) is 3.73. The largest absolute Gasteiger partial charge is 0.399 e. The fourth-order valence-electron chi connectivity index (χ4n) is 1.66. The Kier molecular flexibility index (Phi) is 3.08. The van der Waals surface area contributed by atoms with Crippen LogP contribution in [0.1, 0.15) is 5.56 Å². The van der Waals surface area contributed by atoms with Crippen LogP contribution in [-0.4, -0.2) is 0 Å². The van der Waals surface area contributed by atoms with Crippen molar-refractivity contribution >= 4 is 28.9 Å². The Morgan fingerprint density at radius 2 is 1.56 bits per heavy atom. The summed E-state index contributed by atoms with van der Waals surface area (Å²) in [7, 11) is 0. The monoisotopic (exact) mass is 251 g/mol. The first-order valence-corrected chi connectivity index (χ1v) is 5.64. The number of hydrogen-bond acceptors (Lipinski definition) is 1. The Bertz CT molecular complexity index is 515. The summed E-state index contributed by atoms with van der Waals surface area (Å²) in [5, 5.41) is 1.26. The standard InChI is InChI=1S/C13H11Cl2N/c1-8-2-3-12(16)7-13(8)9-4-10(14)6-11(15)5-9/h2-7H,16H2,1H3. The lowest BCUT2D eigenvalue weighted by Crippen LogP contribution is -1.89. The van der Waals surface area contributed by atoms with Crippen molar-refractivity contribution in [2.45, 2.75) is 6.92 Å². The lowest BCUT2D eigenvalue weighted by Gasteiger charge is -2.08. The van der Waals surface area contributed by atoms with E-state index >= 15 is 0 Å². The molecule has 0 aliphatic carbocycles. The minimum Gasteiger partial charge on any atom is -0.399 e. The van der Waals surface area contributed by atoms with Crippen LogP contribution in [0.4, 0.5) is 5.69 Å². The molecular formula is C13H11Cl2N. The molecule has 0 spiro atoms. The highest BCUT2D eigenvalue weighted by atomic mass is 35.5. The molecule has 0 aliphatic heterocycles. The lowest BCUT2D eigenvalue weighted by atomic mass is 10.00. The van der Waals surface area contributed by atoms with E-state index in [-0.39, 0.29) is 0 Å². The van der Waals surface area contributed by atoms with Crippen molar-refractivity contribution in [2.24, 2.45) is 0 Å². The SMILES string of the molecule is Cc1ccc(N)cc1-c1cc(Cl)cc(Cl)c1. The molecule has 0 aromatic heterocycles. The number of anilines is 1. The molecule has 0 unspecified atom stereocenters. The van der Waals surface area contributed by atoms with E-state index in [0.717, 1.165) is 22.4 Å². The van der Waals surface area contributed by atoms with E-state index in [1.165, 1.54) is 0 Å². The van der Waals surface area contributed by atoms with Gasteiger partial charge in [-0.15, -0.1) is 0 Å². The zero-order valence-corrected chi connectivity index (χ0v) is 10.3. The van der Waals surface area contributed by atoms with Gasteiger partial charge in [-0.3, -0.25) is 0 Å². The quantitative estimate of drug-likeness (QED) is 0.740. The van der Waals surface area contributed by atoms with Gasteiger partial charge in [0.05, 0.1) is 0 Å². The summed E-state index contributed by atoms with van der Waals surface area (Å²) in [6.45, 7) is 2.03. The summed E-state index contributed by atoms with van der Waals surface area (Å²) in [6, 6.07) is 11.3. The minimum atomic E-state index is 0.629. The van der Waals surface area contributed by atoms with Crippen LogP contribution in [0.3, 0.4) is 0 Å². The van der Waals surface area contributed by atoms with Crippen LogP contribution < -0.4 is 5.73 Å². The van der Waals surface area contributed by atoms with E-state index in [1.807, 2.05) is 37.3 Å². The van der Waals surface area contributed by atoms with Crippen molar-refractivity contribution in [3.63, 3.8) is 0 Å². The van der Waals surface area contributed by atoms with Crippen molar-refractivity contribution in [2.75, 3.05) is 5.73 Å². The molecule has 0 fully saturated rings. The van der Waals surface area contributed by atoms with E-state index in [9.17, 15) is 0 Å². The third-order valence-corrected chi connectivity index (χ3v) is 2.87. The van der Waals surface area contributed by atoms with Crippen molar-refractivity contribution in [3.05, 3.63) is 52.0 Å². The number of aryl methyl sites for hydroxylation is 1. The van der Waals surface area contributed by atoms with E-state index in [2.05, 4.69) is 0 Å². The predicted octanol–water partition coefficient (Wildman–Crippen LogP) is 4.55. The van der Waals surface area contributed by atoms with Gasteiger partial charge in [0.15, 0.2) is 0 Å². The number of rotatable bonds is 1. The smallest absolute Gasteiger partial charge is 0.0426 e. The summed E-state index contributed by atoms with van der Waals surface area (Å²) in [6.07, 6.45) is 0. The summed E-state index contributed by atoms with van der Waals surface area (Å²) < 4.78 is 0. The molecule has 16 heavy (non-hydrogen) atoms. The van der Waals surface area contributed by atoms with Crippen LogP contribution in [-0.2, 0) is 0 Å². The zero-order valence-electron chi connectivity index (χ0n) is 8.80. The first-order chi connectivity index (χ1) is 7.56. The maximum absolute atomic E-state index is 5.98. The number of nitrogens with two attached hydrogens (primary N) is 1. The average molecular weight is 252 g/mol. The fraction of sp³-hybridized carbons (Fsp3) is 0.0769. The highest BCUT2D eigenvalue weighted by molar-refractivity contribution is 6.35. The third-order valence-electron chi connectivity index (χ3n) is 2.44. The average Bonchev–Trinajstić information content (AvgIpc) is 2.20. The van der Waals surface area contributed by atoms with Crippen molar-refractivity contribution < 1.29 is 0 Å². The molecule has 2 N–H and O–H groups in total. The molecule has 0 amide bonds. The molecule has 0 radical (unpaired) electrons. The highest BCUT2D eigenvalue weighted by Gasteiger charge is 2.04. The normalized spacial score (nSPS) is 10.4. The molecule has 0 saturated carbocycles. The number of hydrogen-bond donors (Lipinski definition) is 1. The number of nitrogen functional groups attached to an aromatic ring is 1. The van der Waals surface area contributed by atoms with Gasteiger partial charge in [-0.1, -0.05) is 29.3 Å². The molecule has 0 aliphatic rings. The predicted molar refractivity (Wildman–Crippen MR) is 71.0 cm³/mol. The molecule has 82 valence electrons. The molecule has 0 heterocycles. The molecule has 3 heteroatoms. The Morgan fingerprint density at radius 3 is 2.19 bits per heavy atom. The molecular weight excluding hydrogens is 241 g/mol. The Morgan fingerprint density at radius 1 is 0.938 bits per heavy atom. The van der Waals surface area contributed by atoms with Gasteiger partial charge < -0.3 is 5.73 Å². The van der Waals surface area contributed by atoms with Gasteiger partial charge in [-0.2, -0.15) is 0 Å². The first kappa shape index (κ1) is 11.3. The summed E-state index contributed by atoms with van der Waals surface area (Å²) in [4.78, 5) is 0. The van der Waals surface area contributed by atoms with Crippen molar-refractivity contribution in [3.8, 4) is 11.1 Å². The third kappa shape index (κ3) is 2.31. The summed E-state index contributed by atoms with van der Waals surface area (Å²) >= 11 is 12.0. The summed E-state index contributed by atoms with van der Waals surface area (Å²) in [5.41, 5.74) is 9.70. The van der Waals surface area contributed by atoms with E-state index in [0.29, 0.717) is 10.0 Å². The van der Waals surface area contributed by atoms with Crippen LogP contribution >= 0.6 is 23.2 Å². The molecule has 2 aromatic rings. The molecule has 2 aromatic carbocycles. The minimum absolute atomic E-state index is 0.629. The van der Waals surface area contributed by atoms with Gasteiger partial charge in [0, 0.05) is 15.7 Å². The van der Waals surface area contributed by atoms with Crippen LogP contribution in [0.2, 0.25) is 10.0 Å². The van der Waals surface area contributed by atoms with Crippen molar-refractivity contribution in [1.82, 2.24) is 0 Å². The van der Waals surface area contributed by atoms with Crippen LogP contribution in [0.15, 0.2) is 36.4 Å². The van der Waals surface area contributed by atoms with Crippen LogP contribution in [0.25, 0.3) is 11.1 Å². The fourth-order valence-corrected chi connectivity index (χ4v) is 2.19. The van der Waals surface area contributed by atoms with Gasteiger partial charge in [0.1, 0.15) is 0 Å². The van der Waals surface area contributed by atoms with Crippen LogP contribution in [0, 0.1) is 6.92 Å². The number of benzene rings is 2. The number of halogens is 2. The molecule has 0 bridgehead atoms. The Hall–Kier alpha value is -1.18. The van der Waals surface area contributed by atoms with E-state index < -0.39 is 0 Å². The van der Waals surface area contributed by atoms with Gasteiger partial charge in [0.2, 0.25) is 0 Å². The first-order valence-electron chi connectivity index (χ1n) is 4.89. The second kappa shape index (κ2) is 4.36. The molecule has 1 nitrogen and oxygen atoms in total. The van der Waals surface area contributed by atoms with Gasteiger partial charge in [-0.25, -0.2) is 0 Å². The highest BCUT2D eigenvalue weighted by Crippen LogP contribution is 2.30. The second-order valence-corrected chi connectivity index (χ2v) is 4.61. The van der Waals surface area contributed by atoms with E-state index in [4.69, 9.17) is 28.9 Å². The summed E-state index contributed by atoms with van der Waals surface area (Å²) in [5.74, 6) is 0. The Labute approximate surface area is 105 Å². The topological polar surface area (TPSA) is 26.0 Å². The van der Waals surface area contributed by atoms with Gasteiger partial charge in [0.25, 0.3) is 0 Å². The van der Waals surface area contributed by atoms with Crippen molar-refractivity contribution in [1.29, 1.82) is 0 Å². The molecule has 2 rings (SSSR count). The Balaban J connectivity index is 2.62. The molecule has 0 saturated heterocycles. The molecule has 0 atom stereocenters. The zero-order chi connectivity index (χ0) is 11.7.